The SMILES string of the molecule is CC(O)C1CCCN(C(=O)c2cn(C)nc2C(F)(F)F)C1. The Kier molecular flexibility index (Phi) is 4.27. The second kappa shape index (κ2) is 5.67. The van der Waals surface area contributed by atoms with Crippen LogP contribution in [0.4, 0.5) is 13.2 Å². The molecule has 0 bridgehead atoms. The van der Waals surface area contributed by atoms with E-state index in [4.69, 9.17) is 0 Å². The van der Waals surface area contributed by atoms with Gasteiger partial charge in [-0.1, -0.05) is 0 Å². The van der Waals surface area contributed by atoms with Crippen molar-refractivity contribution >= 4 is 5.91 Å². The molecule has 2 unspecified atom stereocenters. The van der Waals surface area contributed by atoms with E-state index in [-0.39, 0.29) is 12.5 Å². The zero-order chi connectivity index (χ0) is 15.8. The molecule has 2 heterocycles. The molecule has 1 aromatic rings. The summed E-state index contributed by atoms with van der Waals surface area (Å²) in [4.78, 5) is 13.7. The molecular formula is C13H18F3N3O2. The summed E-state index contributed by atoms with van der Waals surface area (Å²) in [5.41, 5.74) is -1.59. The van der Waals surface area contributed by atoms with Gasteiger partial charge in [0, 0.05) is 32.3 Å². The van der Waals surface area contributed by atoms with Crippen molar-refractivity contribution in [2.45, 2.75) is 32.0 Å². The van der Waals surface area contributed by atoms with Crippen LogP contribution in [-0.2, 0) is 13.2 Å². The number of alkyl halides is 3. The fraction of sp³-hybridized carbons (Fsp3) is 0.692. The smallest absolute Gasteiger partial charge is 0.393 e. The summed E-state index contributed by atoms with van der Waals surface area (Å²) in [7, 11) is 1.35. The fourth-order valence-corrected chi connectivity index (χ4v) is 2.61. The third-order valence-electron chi connectivity index (χ3n) is 3.75. The maximum absolute atomic E-state index is 12.9. The number of rotatable bonds is 2. The number of nitrogens with zero attached hydrogens (tertiary/aromatic N) is 3. The zero-order valence-electron chi connectivity index (χ0n) is 11.9. The van der Waals surface area contributed by atoms with E-state index >= 15 is 0 Å². The summed E-state index contributed by atoms with van der Waals surface area (Å²) in [5, 5.41) is 12.9. The van der Waals surface area contributed by atoms with Crippen LogP contribution in [-0.4, -0.2) is 44.9 Å². The summed E-state index contributed by atoms with van der Waals surface area (Å²) >= 11 is 0. The fourth-order valence-electron chi connectivity index (χ4n) is 2.61. The monoisotopic (exact) mass is 305 g/mol. The summed E-state index contributed by atoms with van der Waals surface area (Å²) in [5.74, 6) is -0.783. The van der Waals surface area contributed by atoms with Crippen molar-refractivity contribution in [2.75, 3.05) is 13.1 Å². The maximum Gasteiger partial charge on any atom is 0.435 e. The first-order valence-electron chi connectivity index (χ1n) is 6.78. The third kappa shape index (κ3) is 3.37. The molecule has 5 nitrogen and oxygen atoms in total. The van der Waals surface area contributed by atoms with Crippen molar-refractivity contribution < 1.29 is 23.1 Å². The number of piperidine rings is 1. The van der Waals surface area contributed by atoms with E-state index in [2.05, 4.69) is 5.10 Å². The molecular weight excluding hydrogens is 287 g/mol. The average molecular weight is 305 g/mol. The first-order valence-corrected chi connectivity index (χ1v) is 6.78. The summed E-state index contributed by atoms with van der Waals surface area (Å²) < 4.78 is 39.7. The third-order valence-corrected chi connectivity index (χ3v) is 3.75. The number of amides is 1. The van der Waals surface area contributed by atoms with Gasteiger partial charge in [0.25, 0.3) is 5.91 Å². The Labute approximate surface area is 120 Å². The predicted octanol–water partition coefficient (Wildman–Crippen LogP) is 1.67. The van der Waals surface area contributed by atoms with Crippen molar-refractivity contribution in [3.8, 4) is 0 Å². The molecule has 0 saturated carbocycles. The van der Waals surface area contributed by atoms with Gasteiger partial charge in [0.15, 0.2) is 5.69 Å². The number of hydrogen-bond donors (Lipinski definition) is 1. The van der Waals surface area contributed by atoms with Gasteiger partial charge in [0.2, 0.25) is 0 Å². The largest absolute Gasteiger partial charge is 0.435 e. The van der Waals surface area contributed by atoms with Crippen LogP contribution in [0.2, 0.25) is 0 Å². The molecule has 1 aromatic heterocycles. The number of aliphatic hydroxyl groups excluding tert-OH is 1. The molecule has 2 rings (SSSR count). The predicted molar refractivity (Wildman–Crippen MR) is 68.5 cm³/mol. The lowest BCUT2D eigenvalue weighted by atomic mass is 9.93. The van der Waals surface area contributed by atoms with Crippen molar-refractivity contribution in [2.24, 2.45) is 13.0 Å². The van der Waals surface area contributed by atoms with Crippen LogP contribution in [0.5, 0.6) is 0 Å². The highest BCUT2D eigenvalue weighted by molar-refractivity contribution is 5.95. The van der Waals surface area contributed by atoms with E-state index in [0.29, 0.717) is 13.0 Å². The summed E-state index contributed by atoms with van der Waals surface area (Å²) in [6.07, 6.45) is -2.72. The van der Waals surface area contributed by atoms with E-state index < -0.39 is 29.4 Å². The van der Waals surface area contributed by atoms with Gasteiger partial charge in [-0.25, -0.2) is 0 Å². The van der Waals surface area contributed by atoms with Gasteiger partial charge < -0.3 is 10.0 Å². The molecule has 1 aliphatic heterocycles. The second-order valence-corrected chi connectivity index (χ2v) is 5.46. The number of carbonyl (C=O) groups is 1. The molecule has 1 saturated heterocycles. The van der Waals surface area contributed by atoms with Crippen LogP contribution in [0.15, 0.2) is 6.20 Å². The lowest BCUT2D eigenvalue weighted by Crippen LogP contribution is -2.43. The molecule has 1 fully saturated rings. The van der Waals surface area contributed by atoms with Gasteiger partial charge >= 0.3 is 6.18 Å². The molecule has 0 aliphatic carbocycles. The molecule has 0 spiro atoms. The Hall–Kier alpha value is -1.57. The van der Waals surface area contributed by atoms with E-state index in [1.807, 2.05) is 0 Å². The highest BCUT2D eigenvalue weighted by Crippen LogP contribution is 2.32. The molecule has 2 atom stereocenters. The molecule has 1 N–H and O–H groups in total. The van der Waals surface area contributed by atoms with E-state index in [9.17, 15) is 23.1 Å². The van der Waals surface area contributed by atoms with Crippen LogP contribution in [0.1, 0.15) is 35.8 Å². The number of carbonyl (C=O) groups excluding carboxylic acids is 1. The number of aryl methyl sites for hydroxylation is 1. The summed E-state index contributed by atoms with van der Waals surface area (Å²) in [6, 6.07) is 0. The van der Waals surface area contributed by atoms with Gasteiger partial charge in [-0.3, -0.25) is 9.48 Å². The standard InChI is InChI=1S/C13H18F3N3O2/c1-8(20)9-4-3-5-19(6-9)12(21)10-7-18(2)17-11(10)13(14,15)16/h7-9,20H,3-6H2,1-2H3. The Morgan fingerprint density at radius 1 is 1.52 bits per heavy atom. The van der Waals surface area contributed by atoms with Crippen LogP contribution >= 0.6 is 0 Å². The van der Waals surface area contributed by atoms with Gasteiger partial charge in [-0.05, 0) is 19.8 Å². The van der Waals surface area contributed by atoms with Crippen molar-refractivity contribution in [1.82, 2.24) is 14.7 Å². The summed E-state index contributed by atoms with van der Waals surface area (Å²) in [6.45, 7) is 2.29. The van der Waals surface area contributed by atoms with E-state index in [1.165, 1.54) is 11.9 Å². The molecule has 0 aromatic carbocycles. The van der Waals surface area contributed by atoms with Crippen molar-refractivity contribution in [3.63, 3.8) is 0 Å². The van der Waals surface area contributed by atoms with Crippen LogP contribution in [0, 0.1) is 5.92 Å². The molecule has 118 valence electrons. The Morgan fingerprint density at radius 2 is 2.19 bits per heavy atom. The van der Waals surface area contributed by atoms with E-state index in [0.717, 1.165) is 17.3 Å². The Morgan fingerprint density at radius 3 is 2.76 bits per heavy atom. The van der Waals surface area contributed by atoms with Gasteiger partial charge in [0.05, 0.1) is 11.7 Å². The quantitative estimate of drug-likeness (QED) is 0.904. The molecule has 1 aliphatic rings. The van der Waals surface area contributed by atoms with Crippen molar-refractivity contribution in [1.29, 1.82) is 0 Å². The molecule has 1 amide bonds. The molecule has 0 radical (unpaired) electrons. The second-order valence-electron chi connectivity index (χ2n) is 5.46. The number of likely N-dealkylation sites (tertiary alicyclic amines) is 1. The van der Waals surface area contributed by atoms with Gasteiger partial charge in [-0.15, -0.1) is 0 Å². The normalized spacial score (nSPS) is 21.4. The number of halogens is 3. The van der Waals surface area contributed by atoms with Crippen LogP contribution in [0.25, 0.3) is 0 Å². The zero-order valence-corrected chi connectivity index (χ0v) is 11.9. The Balaban J connectivity index is 2.24. The molecule has 8 heteroatoms. The highest BCUT2D eigenvalue weighted by Gasteiger charge is 2.40. The lowest BCUT2D eigenvalue weighted by molar-refractivity contribution is -0.141. The minimum Gasteiger partial charge on any atom is -0.393 e. The Bertz CT molecular complexity index is 525. The van der Waals surface area contributed by atoms with E-state index in [1.54, 1.807) is 6.92 Å². The first-order chi connectivity index (χ1) is 9.70. The van der Waals surface area contributed by atoms with Crippen LogP contribution in [0.3, 0.4) is 0 Å². The minimum atomic E-state index is -4.66. The van der Waals surface area contributed by atoms with Crippen molar-refractivity contribution in [3.05, 3.63) is 17.5 Å². The minimum absolute atomic E-state index is 0.103. The average Bonchev–Trinajstić information content (AvgIpc) is 2.80. The highest BCUT2D eigenvalue weighted by atomic mass is 19.4. The van der Waals surface area contributed by atoms with Crippen LogP contribution < -0.4 is 0 Å². The lowest BCUT2D eigenvalue weighted by Gasteiger charge is -2.34. The molecule has 21 heavy (non-hydrogen) atoms. The number of hydrogen-bond acceptors (Lipinski definition) is 3. The first kappa shape index (κ1) is 15.8. The maximum atomic E-state index is 12.9. The van der Waals surface area contributed by atoms with Gasteiger partial charge in [0.1, 0.15) is 0 Å². The topological polar surface area (TPSA) is 58.4 Å². The van der Waals surface area contributed by atoms with Gasteiger partial charge in [-0.2, -0.15) is 18.3 Å². The number of aromatic nitrogens is 2. The number of aliphatic hydroxyl groups is 1.